The van der Waals surface area contributed by atoms with Gasteiger partial charge in [-0.15, -0.1) is 0 Å². The van der Waals surface area contributed by atoms with Gasteiger partial charge < -0.3 is 19.9 Å². The molecule has 2 aliphatic heterocycles. The number of amides is 3. The molecule has 7 heteroatoms. The summed E-state index contributed by atoms with van der Waals surface area (Å²) in [5.74, 6) is -0.226. The summed E-state index contributed by atoms with van der Waals surface area (Å²) in [5.41, 5.74) is 0.743. The molecule has 25 heavy (non-hydrogen) atoms. The molecule has 2 saturated heterocycles. The Morgan fingerprint density at radius 1 is 1.20 bits per heavy atom. The molecule has 0 saturated carbocycles. The Hall–Kier alpha value is -2.15. The summed E-state index contributed by atoms with van der Waals surface area (Å²) in [7, 11) is 0. The van der Waals surface area contributed by atoms with Gasteiger partial charge >= 0.3 is 6.03 Å². The quantitative estimate of drug-likeness (QED) is 0.887. The van der Waals surface area contributed by atoms with Crippen LogP contribution in [0.5, 0.6) is 0 Å². The van der Waals surface area contributed by atoms with Gasteiger partial charge in [-0.1, -0.05) is 12.1 Å². The number of halogens is 1. The van der Waals surface area contributed by atoms with Gasteiger partial charge in [0.25, 0.3) is 0 Å². The fourth-order valence-electron chi connectivity index (χ4n) is 3.35. The van der Waals surface area contributed by atoms with Crippen LogP contribution in [0.15, 0.2) is 24.3 Å². The van der Waals surface area contributed by atoms with Gasteiger partial charge in [0.1, 0.15) is 11.9 Å². The van der Waals surface area contributed by atoms with Gasteiger partial charge in [0.05, 0.1) is 13.2 Å². The van der Waals surface area contributed by atoms with Crippen molar-refractivity contribution in [2.24, 2.45) is 0 Å². The van der Waals surface area contributed by atoms with Crippen LogP contribution in [0.1, 0.15) is 31.4 Å². The van der Waals surface area contributed by atoms with Crippen LogP contribution in [0.4, 0.5) is 9.18 Å². The second-order valence-corrected chi connectivity index (χ2v) is 6.59. The Balaban J connectivity index is 1.53. The van der Waals surface area contributed by atoms with Crippen LogP contribution in [0.25, 0.3) is 0 Å². The number of morpholine rings is 1. The van der Waals surface area contributed by atoms with Crippen LogP contribution in [-0.2, 0) is 9.53 Å². The van der Waals surface area contributed by atoms with Crippen molar-refractivity contribution in [1.29, 1.82) is 0 Å². The maximum absolute atomic E-state index is 13.4. The first-order valence-electron chi connectivity index (χ1n) is 8.71. The summed E-state index contributed by atoms with van der Waals surface area (Å²) in [6, 6.07) is 6.26. The molecule has 1 atom stereocenters. The normalized spacial score (nSPS) is 21.9. The summed E-state index contributed by atoms with van der Waals surface area (Å²) >= 11 is 0. The average molecular weight is 349 g/mol. The standard InChI is InChI=1S/C18H24FN3O3/c1-13(23)21-7-5-16(6-8-21)20-18(24)22-9-10-25-17(12-22)14-3-2-4-15(19)11-14/h2-4,11,16-17H,5-10,12H2,1H3,(H,20,24)/t17-/m0/s1. The van der Waals surface area contributed by atoms with Crippen molar-refractivity contribution in [3.63, 3.8) is 0 Å². The number of carbonyl (C=O) groups is 2. The Morgan fingerprint density at radius 2 is 1.96 bits per heavy atom. The average Bonchev–Trinajstić information content (AvgIpc) is 2.62. The predicted octanol–water partition coefficient (Wildman–Crippen LogP) is 1.92. The number of hydrogen-bond donors (Lipinski definition) is 1. The zero-order valence-electron chi connectivity index (χ0n) is 14.4. The van der Waals surface area contributed by atoms with E-state index < -0.39 is 0 Å². The molecule has 0 aliphatic carbocycles. The summed E-state index contributed by atoms with van der Waals surface area (Å²) in [5, 5.41) is 3.05. The first-order valence-corrected chi connectivity index (χ1v) is 8.71. The second kappa shape index (κ2) is 7.82. The number of hydrogen-bond acceptors (Lipinski definition) is 3. The lowest BCUT2D eigenvalue weighted by Crippen LogP contribution is -2.52. The van der Waals surface area contributed by atoms with Crippen molar-refractivity contribution < 1.29 is 18.7 Å². The van der Waals surface area contributed by atoms with E-state index in [-0.39, 0.29) is 29.9 Å². The van der Waals surface area contributed by atoms with Crippen LogP contribution >= 0.6 is 0 Å². The van der Waals surface area contributed by atoms with E-state index in [1.807, 2.05) is 6.07 Å². The van der Waals surface area contributed by atoms with Crippen molar-refractivity contribution in [2.75, 3.05) is 32.8 Å². The topological polar surface area (TPSA) is 61.9 Å². The van der Waals surface area contributed by atoms with Crippen LogP contribution in [0.3, 0.4) is 0 Å². The number of urea groups is 1. The van der Waals surface area contributed by atoms with Gasteiger partial charge in [-0.25, -0.2) is 9.18 Å². The summed E-state index contributed by atoms with van der Waals surface area (Å²) in [6.45, 7) is 4.27. The number of piperidine rings is 1. The Labute approximate surface area is 146 Å². The van der Waals surface area contributed by atoms with Gasteiger partial charge in [-0.05, 0) is 30.5 Å². The number of rotatable bonds is 2. The zero-order valence-corrected chi connectivity index (χ0v) is 14.4. The van der Waals surface area contributed by atoms with E-state index in [2.05, 4.69) is 5.32 Å². The molecule has 1 aromatic carbocycles. The number of ether oxygens (including phenoxy) is 1. The Kier molecular flexibility index (Phi) is 5.53. The maximum atomic E-state index is 13.4. The first kappa shape index (κ1) is 17.7. The first-order chi connectivity index (χ1) is 12.0. The van der Waals surface area contributed by atoms with Gasteiger partial charge in [0, 0.05) is 32.6 Å². The summed E-state index contributed by atoms with van der Waals surface area (Å²) < 4.78 is 19.1. The SMILES string of the molecule is CC(=O)N1CCC(NC(=O)N2CCO[C@H](c3cccc(F)c3)C2)CC1. The van der Waals surface area contributed by atoms with Crippen molar-refractivity contribution in [3.05, 3.63) is 35.6 Å². The van der Waals surface area contributed by atoms with Gasteiger partial charge in [-0.3, -0.25) is 4.79 Å². The predicted molar refractivity (Wildman–Crippen MR) is 90.5 cm³/mol. The van der Waals surface area contributed by atoms with E-state index in [0.29, 0.717) is 32.8 Å². The minimum Gasteiger partial charge on any atom is -0.370 e. The lowest BCUT2D eigenvalue weighted by atomic mass is 10.1. The molecule has 2 heterocycles. The largest absolute Gasteiger partial charge is 0.370 e. The molecule has 3 amide bonds. The summed E-state index contributed by atoms with van der Waals surface area (Å²) in [4.78, 5) is 27.4. The molecule has 6 nitrogen and oxygen atoms in total. The molecule has 136 valence electrons. The number of likely N-dealkylation sites (tertiary alicyclic amines) is 1. The lowest BCUT2D eigenvalue weighted by molar-refractivity contribution is -0.129. The molecular formula is C18H24FN3O3. The fourth-order valence-corrected chi connectivity index (χ4v) is 3.35. The minimum absolute atomic E-state index is 0.0795. The minimum atomic E-state index is -0.310. The Bertz CT molecular complexity index is 632. The van der Waals surface area contributed by atoms with Crippen molar-refractivity contribution in [1.82, 2.24) is 15.1 Å². The van der Waals surface area contributed by atoms with Gasteiger partial charge in [0.15, 0.2) is 0 Å². The smallest absolute Gasteiger partial charge is 0.317 e. The van der Waals surface area contributed by atoms with Gasteiger partial charge in [-0.2, -0.15) is 0 Å². The molecule has 0 spiro atoms. The molecule has 3 rings (SSSR count). The molecule has 0 aromatic heterocycles. The van der Waals surface area contributed by atoms with Crippen molar-refractivity contribution in [2.45, 2.75) is 31.9 Å². The number of carbonyl (C=O) groups excluding carboxylic acids is 2. The third-order valence-electron chi connectivity index (χ3n) is 4.84. The van der Waals surface area contributed by atoms with E-state index in [9.17, 15) is 14.0 Å². The number of nitrogens with one attached hydrogen (secondary N) is 1. The van der Waals surface area contributed by atoms with Crippen molar-refractivity contribution >= 4 is 11.9 Å². The molecule has 1 aromatic rings. The van der Waals surface area contributed by atoms with Crippen LogP contribution in [-0.4, -0.2) is 60.6 Å². The monoisotopic (exact) mass is 349 g/mol. The highest BCUT2D eigenvalue weighted by molar-refractivity contribution is 5.75. The van der Waals surface area contributed by atoms with Crippen molar-refractivity contribution in [3.8, 4) is 0 Å². The van der Waals surface area contributed by atoms with E-state index in [4.69, 9.17) is 4.74 Å². The molecule has 2 fully saturated rings. The molecular weight excluding hydrogens is 325 g/mol. The summed E-state index contributed by atoms with van der Waals surface area (Å²) in [6.07, 6.45) is 1.22. The molecule has 2 aliphatic rings. The van der Waals surface area contributed by atoms with Crippen LogP contribution in [0.2, 0.25) is 0 Å². The fraction of sp³-hybridized carbons (Fsp3) is 0.556. The van der Waals surface area contributed by atoms with E-state index in [0.717, 1.165) is 18.4 Å². The highest BCUT2D eigenvalue weighted by Crippen LogP contribution is 2.23. The zero-order chi connectivity index (χ0) is 17.8. The third kappa shape index (κ3) is 4.48. The molecule has 0 unspecified atom stereocenters. The maximum Gasteiger partial charge on any atom is 0.317 e. The molecule has 1 N–H and O–H groups in total. The highest BCUT2D eigenvalue weighted by Gasteiger charge is 2.28. The lowest BCUT2D eigenvalue weighted by Gasteiger charge is -2.36. The number of benzene rings is 1. The third-order valence-corrected chi connectivity index (χ3v) is 4.84. The highest BCUT2D eigenvalue weighted by atomic mass is 19.1. The second-order valence-electron chi connectivity index (χ2n) is 6.59. The van der Waals surface area contributed by atoms with Crippen LogP contribution < -0.4 is 5.32 Å². The number of nitrogens with zero attached hydrogens (tertiary/aromatic N) is 2. The van der Waals surface area contributed by atoms with E-state index in [1.165, 1.54) is 12.1 Å². The Morgan fingerprint density at radius 3 is 2.64 bits per heavy atom. The van der Waals surface area contributed by atoms with E-state index in [1.54, 1.807) is 22.8 Å². The van der Waals surface area contributed by atoms with Gasteiger partial charge in [0.2, 0.25) is 5.91 Å². The molecule has 0 radical (unpaired) electrons. The van der Waals surface area contributed by atoms with Crippen LogP contribution in [0, 0.1) is 5.82 Å². The molecule has 0 bridgehead atoms. The van der Waals surface area contributed by atoms with E-state index >= 15 is 0 Å².